The van der Waals surface area contributed by atoms with Crippen LogP contribution in [-0.4, -0.2) is 41.5 Å². The highest BCUT2D eigenvalue weighted by molar-refractivity contribution is 5.92. The lowest BCUT2D eigenvalue weighted by molar-refractivity contribution is 0.0699. The number of carbonyl (C=O) groups excluding carboxylic acids is 1. The van der Waals surface area contributed by atoms with Crippen molar-refractivity contribution in [1.29, 1.82) is 0 Å². The molecule has 0 unspecified atom stereocenters. The molecule has 6 heteroatoms. The second kappa shape index (κ2) is 8.57. The zero-order valence-corrected chi connectivity index (χ0v) is 13.7. The predicted octanol–water partition coefficient (Wildman–Crippen LogP) is 2.53. The lowest BCUT2D eigenvalue weighted by Gasteiger charge is -2.32. The van der Waals surface area contributed by atoms with Crippen LogP contribution >= 0.6 is 24.8 Å². The fraction of sp³-hybridized carbons (Fsp3) is 0.600. The van der Waals surface area contributed by atoms with Gasteiger partial charge in [-0.05, 0) is 50.3 Å². The zero-order chi connectivity index (χ0) is 13.1. The molecule has 21 heavy (non-hydrogen) atoms. The average Bonchev–Trinajstić information content (AvgIpc) is 3.30. The molecule has 0 aromatic carbocycles. The smallest absolute Gasteiger partial charge is 0.272 e. The third-order valence-corrected chi connectivity index (χ3v) is 4.06. The Hall–Kier alpha value is -0.840. The molecule has 4 nitrogen and oxygen atoms in total. The summed E-state index contributed by atoms with van der Waals surface area (Å²) in [6.07, 6.45) is 6.59. The fourth-order valence-electron chi connectivity index (χ4n) is 2.59. The van der Waals surface area contributed by atoms with Crippen molar-refractivity contribution in [2.24, 2.45) is 5.92 Å². The van der Waals surface area contributed by atoms with Gasteiger partial charge in [-0.3, -0.25) is 9.78 Å². The molecule has 2 aliphatic rings. The molecular weight excluding hydrogens is 309 g/mol. The van der Waals surface area contributed by atoms with Crippen molar-refractivity contribution >= 4 is 30.7 Å². The van der Waals surface area contributed by atoms with Gasteiger partial charge in [0.1, 0.15) is 5.69 Å². The molecule has 1 saturated heterocycles. The number of likely N-dealkylation sites (tertiary alicyclic amines) is 1. The van der Waals surface area contributed by atoms with Crippen molar-refractivity contribution < 1.29 is 4.79 Å². The topological polar surface area (TPSA) is 45.2 Å². The number of amides is 1. The Morgan fingerprint density at radius 2 is 1.90 bits per heavy atom. The zero-order valence-electron chi connectivity index (χ0n) is 12.0. The molecule has 0 radical (unpaired) electrons. The van der Waals surface area contributed by atoms with Crippen molar-refractivity contribution in [2.75, 3.05) is 19.6 Å². The van der Waals surface area contributed by atoms with Crippen molar-refractivity contribution in [3.05, 3.63) is 30.1 Å². The van der Waals surface area contributed by atoms with Gasteiger partial charge < -0.3 is 10.2 Å². The number of rotatable bonds is 4. The highest BCUT2D eigenvalue weighted by Crippen LogP contribution is 2.28. The minimum atomic E-state index is 0. The Morgan fingerprint density at radius 1 is 1.19 bits per heavy atom. The van der Waals surface area contributed by atoms with Crippen molar-refractivity contribution in [3.63, 3.8) is 0 Å². The highest BCUT2D eigenvalue weighted by Gasteiger charge is 2.26. The number of nitrogens with one attached hydrogen (secondary N) is 1. The van der Waals surface area contributed by atoms with E-state index in [-0.39, 0.29) is 30.7 Å². The van der Waals surface area contributed by atoms with Crippen LogP contribution in [0, 0.1) is 5.92 Å². The predicted molar refractivity (Wildman–Crippen MR) is 88.4 cm³/mol. The van der Waals surface area contributed by atoms with Crippen LogP contribution in [0.3, 0.4) is 0 Å². The normalized spacial score (nSPS) is 18.6. The lowest BCUT2D eigenvalue weighted by Crippen LogP contribution is -2.45. The molecule has 2 fully saturated rings. The van der Waals surface area contributed by atoms with Gasteiger partial charge in [0.25, 0.3) is 5.91 Å². The molecule has 1 saturated carbocycles. The Bertz CT molecular complexity index is 432. The summed E-state index contributed by atoms with van der Waals surface area (Å²) in [5.74, 6) is 0.995. The molecule has 118 valence electrons. The Kier molecular flexibility index (Phi) is 7.43. The average molecular weight is 332 g/mol. The molecule has 2 heterocycles. The molecule has 1 aromatic rings. The largest absolute Gasteiger partial charge is 0.337 e. The number of nitrogens with zero attached hydrogens (tertiary/aromatic N) is 2. The third kappa shape index (κ3) is 5.13. The first-order valence-electron chi connectivity index (χ1n) is 7.26. The minimum absolute atomic E-state index is 0. The van der Waals surface area contributed by atoms with Crippen LogP contribution in [-0.2, 0) is 0 Å². The summed E-state index contributed by atoms with van der Waals surface area (Å²) in [4.78, 5) is 18.3. The van der Waals surface area contributed by atoms with Gasteiger partial charge in [-0.2, -0.15) is 0 Å². The summed E-state index contributed by atoms with van der Waals surface area (Å²) >= 11 is 0. The number of piperidine rings is 1. The van der Waals surface area contributed by atoms with E-state index in [4.69, 9.17) is 0 Å². The molecule has 0 bridgehead atoms. The molecule has 0 atom stereocenters. The van der Waals surface area contributed by atoms with Crippen LogP contribution in [0.25, 0.3) is 0 Å². The molecule has 3 rings (SSSR count). The molecule has 1 aliphatic carbocycles. The summed E-state index contributed by atoms with van der Waals surface area (Å²) in [7, 11) is 0. The van der Waals surface area contributed by atoms with Gasteiger partial charge in [0.15, 0.2) is 0 Å². The van der Waals surface area contributed by atoms with Gasteiger partial charge in [-0.1, -0.05) is 6.07 Å². The van der Waals surface area contributed by atoms with Crippen LogP contribution in [0.4, 0.5) is 0 Å². The summed E-state index contributed by atoms with van der Waals surface area (Å²) < 4.78 is 0. The maximum Gasteiger partial charge on any atom is 0.272 e. The molecule has 1 aromatic heterocycles. The van der Waals surface area contributed by atoms with Gasteiger partial charge in [0, 0.05) is 25.3 Å². The van der Waals surface area contributed by atoms with Gasteiger partial charge in [-0.25, -0.2) is 0 Å². The lowest BCUT2D eigenvalue weighted by atomic mass is 10.0. The minimum Gasteiger partial charge on any atom is -0.337 e. The van der Waals surface area contributed by atoms with Crippen LogP contribution in [0.2, 0.25) is 0 Å². The summed E-state index contributed by atoms with van der Waals surface area (Å²) in [6, 6.07) is 6.09. The number of hydrogen-bond acceptors (Lipinski definition) is 3. The van der Waals surface area contributed by atoms with E-state index in [0.717, 1.165) is 31.8 Å². The Morgan fingerprint density at radius 3 is 2.48 bits per heavy atom. The maximum absolute atomic E-state index is 12.2. The molecule has 1 amide bonds. The van der Waals surface area contributed by atoms with Crippen molar-refractivity contribution in [1.82, 2.24) is 15.2 Å². The summed E-state index contributed by atoms with van der Waals surface area (Å²) in [5, 5.41) is 3.63. The van der Waals surface area contributed by atoms with Gasteiger partial charge in [0.2, 0.25) is 0 Å². The molecular formula is C15H23Cl2N3O. The van der Waals surface area contributed by atoms with Gasteiger partial charge >= 0.3 is 0 Å². The fourth-order valence-corrected chi connectivity index (χ4v) is 2.59. The molecule has 0 spiro atoms. The van der Waals surface area contributed by atoms with Crippen molar-refractivity contribution in [3.8, 4) is 0 Å². The van der Waals surface area contributed by atoms with E-state index in [1.807, 2.05) is 17.0 Å². The van der Waals surface area contributed by atoms with E-state index in [0.29, 0.717) is 11.7 Å². The van der Waals surface area contributed by atoms with E-state index < -0.39 is 0 Å². The van der Waals surface area contributed by atoms with E-state index in [1.54, 1.807) is 12.3 Å². The van der Waals surface area contributed by atoms with Gasteiger partial charge in [-0.15, -0.1) is 24.8 Å². The van der Waals surface area contributed by atoms with Crippen molar-refractivity contribution in [2.45, 2.75) is 31.7 Å². The number of hydrogen-bond donors (Lipinski definition) is 1. The first-order chi connectivity index (χ1) is 9.33. The first-order valence-corrected chi connectivity index (χ1v) is 7.26. The Balaban J connectivity index is 0.00000110. The Labute approximate surface area is 138 Å². The number of pyridine rings is 1. The highest BCUT2D eigenvalue weighted by atomic mass is 35.5. The number of halogens is 2. The monoisotopic (exact) mass is 331 g/mol. The van der Waals surface area contributed by atoms with Gasteiger partial charge in [0.05, 0.1) is 0 Å². The second-order valence-corrected chi connectivity index (χ2v) is 5.63. The van der Waals surface area contributed by atoms with Crippen LogP contribution < -0.4 is 5.32 Å². The van der Waals surface area contributed by atoms with E-state index in [1.165, 1.54) is 19.4 Å². The summed E-state index contributed by atoms with van der Waals surface area (Å²) in [6.45, 7) is 2.86. The maximum atomic E-state index is 12.2. The quantitative estimate of drug-likeness (QED) is 0.922. The molecule has 1 N–H and O–H groups in total. The second-order valence-electron chi connectivity index (χ2n) is 5.63. The van der Waals surface area contributed by atoms with Crippen LogP contribution in [0.1, 0.15) is 36.2 Å². The van der Waals surface area contributed by atoms with Crippen LogP contribution in [0.5, 0.6) is 0 Å². The SMILES string of the molecule is Cl.Cl.O=C(c1ccccn1)N1CCC(NCC2CC2)CC1. The standard InChI is InChI=1S/C15H21N3O.2ClH/c19-15(14-3-1-2-8-16-14)18-9-6-13(7-10-18)17-11-12-4-5-12;;/h1-3,8,12-13,17H,4-7,9-11H2;2*1H. The van der Waals surface area contributed by atoms with E-state index in [9.17, 15) is 4.79 Å². The summed E-state index contributed by atoms with van der Waals surface area (Å²) in [5.41, 5.74) is 0.562. The third-order valence-electron chi connectivity index (χ3n) is 4.06. The number of aromatic nitrogens is 1. The van der Waals surface area contributed by atoms with Crippen LogP contribution in [0.15, 0.2) is 24.4 Å². The first kappa shape index (κ1) is 18.2. The van der Waals surface area contributed by atoms with E-state index >= 15 is 0 Å². The molecule has 1 aliphatic heterocycles. The van der Waals surface area contributed by atoms with E-state index in [2.05, 4.69) is 10.3 Å². The number of carbonyl (C=O) groups is 1.